The van der Waals surface area contributed by atoms with Crippen LogP contribution < -0.4 is 0 Å². The van der Waals surface area contributed by atoms with Crippen molar-refractivity contribution in [1.82, 2.24) is 0 Å². The van der Waals surface area contributed by atoms with Crippen LogP contribution in [-0.2, 0) is 14.1 Å². The molecule has 16 heavy (non-hydrogen) atoms. The third kappa shape index (κ3) is 2.30. The van der Waals surface area contributed by atoms with Crippen LogP contribution in [0.3, 0.4) is 0 Å². The summed E-state index contributed by atoms with van der Waals surface area (Å²) in [6.45, 7) is 5.22. The molecule has 1 aliphatic carbocycles. The Kier molecular flexibility index (Phi) is 3.50. The zero-order valence-electron chi connectivity index (χ0n) is 9.45. The summed E-state index contributed by atoms with van der Waals surface area (Å²) in [5.41, 5.74) is -0.632. The second kappa shape index (κ2) is 4.11. The van der Waals surface area contributed by atoms with E-state index in [1.807, 2.05) is 0 Å². The van der Waals surface area contributed by atoms with Crippen LogP contribution >= 0.6 is 7.60 Å². The minimum atomic E-state index is -4.58. The number of carbonyl (C=O) groups is 1. The molecule has 3 N–H and O–H groups in total. The maximum atomic E-state index is 11.5. The Morgan fingerprint density at radius 2 is 2.00 bits per heavy atom. The predicted octanol–water partition coefficient (Wildman–Crippen LogP) is 0.318. The van der Waals surface area contributed by atoms with Gasteiger partial charge in [0, 0.05) is 5.92 Å². The Bertz CT molecular complexity index is 333. The van der Waals surface area contributed by atoms with Gasteiger partial charge in [-0.15, -0.1) is 0 Å². The van der Waals surface area contributed by atoms with Gasteiger partial charge in [0.2, 0.25) is 0 Å². The Morgan fingerprint density at radius 3 is 2.38 bits per heavy atom. The molecule has 0 saturated heterocycles. The van der Waals surface area contributed by atoms with Gasteiger partial charge < -0.3 is 19.6 Å². The third-order valence-electron chi connectivity index (χ3n) is 3.12. The van der Waals surface area contributed by atoms with Crippen LogP contribution in [0.25, 0.3) is 0 Å². The van der Waals surface area contributed by atoms with Gasteiger partial charge >= 0.3 is 13.6 Å². The van der Waals surface area contributed by atoms with E-state index in [1.54, 1.807) is 20.8 Å². The quantitative estimate of drug-likeness (QED) is 0.491. The Balaban J connectivity index is 2.79. The zero-order valence-corrected chi connectivity index (χ0v) is 10.3. The van der Waals surface area contributed by atoms with Gasteiger partial charge in [0.05, 0.1) is 12.5 Å². The molecule has 0 aromatic rings. The molecule has 1 saturated carbocycles. The van der Waals surface area contributed by atoms with Crippen molar-refractivity contribution in [3.05, 3.63) is 0 Å². The molecular formula is C9H17O6P. The van der Waals surface area contributed by atoms with Crippen molar-refractivity contribution in [1.29, 1.82) is 0 Å². The van der Waals surface area contributed by atoms with E-state index >= 15 is 0 Å². The molecule has 1 fully saturated rings. The summed E-state index contributed by atoms with van der Waals surface area (Å²) in [5.74, 6) is -3.69. The van der Waals surface area contributed by atoms with E-state index in [0.717, 1.165) is 0 Å². The molecule has 0 aliphatic heterocycles. The first-order chi connectivity index (χ1) is 7.14. The topological polar surface area (TPSA) is 104 Å². The molecule has 3 unspecified atom stereocenters. The van der Waals surface area contributed by atoms with Gasteiger partial charge in [-0.25, -0.2) is 0 Å². The molecule has 0 radical (unpaired) electrons. The van der Waals surface area contributed by atoms with Crippen LogP contribution in [0.5, 0.6) is 0 Å². The number of ether oxygens (including phenoxy) is 1. The maximum Gasteiger partial charge on any atom is 0.354 e. The lowest BCUT2D eigenvalue weighted by atomic mass is 10.1. The van der Waals surface area contributed by atoms with Gasteiger partial charge in [0.1, 0.15) is 0 Å². The summed E-state index contributed by atoms with van der Waals surface area (Å²) < 4.78 is 15.7. The van der Waals surface area contributed by atoms with E-state index in [0.29, 0.717) is 0 Å². The summed E-state index contributed by atoms with van der Waals surface area (Å²) in [4.78, 5) is 29.2. The number of hydrogen-bond acceptors (Lipinski definition) is 4. The van der Waals surface area contributed by atoms with Crippen LogP contribution in [0.4, 0.5) is 0 Å². The van der Waals surface area contributed by atoms with Crippen molar-refractivity contribution in [3.8, 4) is 0 Å². The number of esters is 1. The standard InChI is InChI=1S/C9H17O6P/c1-4-15-7(10)5-6(9(5,2)3)8(11)16(12,13)14/h5-6,8,11H,4H2,1-3H3,(H2,12,13,14). The highest BCUT2D eigenvalue weighted by atomic mass is 31.2. The maximum absolute atomic E-state index is 11.5. The van der Waals surface area contributed by atoms with E-state index in [1.165, 1.54) is 0 Å². The summed E-state index contributed by atoms with van der Waals surface area (Å²) in [6.07, 6.45) is 0. The van der Waals surface area contributed by atoms with Gasteiger partial charge in [0.15, 0.2) is 5.85 Å². The molecule has 0 heterocycles. The summed E-state index contributed by atoms with van der Waals surface area (Å²) >= 11 is 0. The van der Waals surface area contributed by atoms with Gasteiger partial charge in [-0.2, -0.15) is 0 Å². The molecule has 0 spiro atoms. The SMILES string of the molecule is CCOC(=O)C1C(C(O)P(=O)(O)O)C1(C)C. The highest BCUT2D eigenvalue weighted by Gasteiger charge is 2.68. The fourth-order valence-corrected chi connectivity index (χ4v) is 3.10. The van der Waals surface area contributed by atoms with Gasteiger partial charge in [-0.05, 0) is 12.3 Å². The smallest absolute Gasteiger partial charge is 0.354 e. The van der Waals surface area contributed by atoms with Crippen molar-refractivity contribution < 1.29 is 29.0 Å². The fraction of sp³-hybridized carbons (Fsp3) is 0.889. The van der Waals surface area contributed by atoms with Crippen molar-refractivity contribution in [2.45, 2.75) is 26.6 Å². The highest BCUT2D eigenvalue weighted by Crippen LogP contribution is 2.66. The van der Waals surface area contributed by atoms with Crippen molar-refractivity contribution in [2.75, 3.05) is 6.61 Å². The number of hydrogen-bond donors (Lipinski definition) is 3. The number of aliphatic hydroxyl groups excluding tert-OH is 1. The van der Waals surface area contributed by atoms with Crippen molar-refractivity contribution >= 4 is 13.6 Å². The molecular weight excluding hydrogens is 235 g/mol. The normalized spacial score (nSPS) is 29.6. The molecule has 6 nitrogen and oxygen atoms in total. The van der Waals surface area contributed by atoms with Crippen molar-refractivity contribution in [3.63, 3.8) is 0 Å². The van der Waals surface area contributed by atoms with Crippen LogP contribution in [0, 0.1) is 17.3 Å². The Morgan fingerprint density at radius 1 is 1.50 bits per heavy atom. The lowest BCUT2D eigenvalue weighted by Crippen LogP contribution is -2.15. The minimum Gasteiger partial charge on any atom is -0.466 e. The third-order valence-corrected chi connectivity index (χ3v) is 4.13. The van der Waals surface area contributed by atoms with E-state index in [-0.39, 0.29) is 6.61 Å². The zero-order chi connectivity index (χ0) is 12.7. The highest BCUT2D eigenvalue weighted by molar-refractivity contribution is 7.52. The molecule has 7 heteroatoms. The lowest BCUT2D eigenvalue weighted by molar-refractivity contribution is -0.145. The minimum absolute atomic E-state index is 0.212. The number of carbonyl (C=O) groups excluding carboxylic acids is 1. The first kappa shape index (κ1) is 13.6. The fourth-order valence-electron chi connectivity index (χ4n) is 2.13. The molecule has 1 aliphatic rings. The summed E-state index contributed by atoms with van der Waals surface area (Å²) in [7, 11) is -4.58. The van der Waals surface area contributed by atoms with Crippen molar-refractivity contribution in [2.24, 2.45) is 17.3 Å². The predicted molar refractivity (Wildman–Crippen MR) is 55.4 cm³/mol. The van der Waals surface area contributed by atoms with Crippen LogP contribution in [0.2, 0.25) is 0 Å². The Hall–Kier alpha value is -0.420. The van der Waals surface area contributed by atoms with Gasteiger partial charge in [-0.1, -0.05) is 13.8 Å². The van der Waals surface area contributed by atoms with Crippen LogP contribution in [0.1, 0.15) is 20.8 Å². The van der Waals surface area contributed by atoms with E-state index in [9.17, 15) is 14.5 Å². The largest absolute Gasteiger partial charge is 0.466 e. The van der Waals surface area contributed by atoms with E-state index in [4.69, 9.17) is 14.5 Å². The number of rotatable bonds is 4. The first-order valence-electron chi connectivity index (χ1n) is 5.04. The average Bonchev–Trinajstić information content (AvgIpc) is 2.66. The van der Waals surface area contributed by atoms with Gasteiger partial charge in [0.25, 0.3) is 0 Å². The van der Waals surface area contributed by atoms with Crippen LogP contribution in [0.15, 0.2) is 0 Å². The Labute approximate surface area is 93.8 Å². The monoisotopic (exact) mass is 252 g/mol. The molecule has 0 aromatic heterocycles. The van der Waals surface area contributed by atoms with E-state index < -0.39 is 36.7 Å². The summed E-state index contributed by atoms with van der Waals surface area (Å²) in [5, 5.41) is 9.48. The second-order valence-corrected chi connectivity index (χ2v) is 6.29. The molecule has 94 valence electrons. The molecule has 1 rings (SSSR count). The molecule has 0 bridgehead atoms. The average molecular weight is 252 g/mol. The molecule has 3 atom stereocenters. The molecule has 0 amide bonds. The lowest BCUT2D eigenvalue weighted by Gasteiger charge is -2.13. The number of aliphatic hydroxyl groups is 1. The first-order valence-corrected chi connectivity index (χ1v) is 6.72. The molecule has 0 aromatic carbocycles. The second-order valence-electron chi connectivity index (χ2n) is 4.58. The van der Waals surface area contributed by atoms with Crippen LogP contribution in [-0.4, -0.2) is 33.3 Å². The summed E-state index contributed by atoms with van der Waals surface area (Å²) in [6, 6.07) is 0. The van der Waals surface area contributed by atoms with Gasteiger partial charge in [-0.3, -0.25) is 9.36 Å². The van der Waals surface area contributed by atoms with E-state index in [2.05, 4.69) is 0 Å².